The number of nitrogens with zero attached hydrogens (tertiary/aromatic N) is 3. The molecule has 3 N–H and O–H groups in total. The Hall–Kier alpha value is -1.57. The van der Waals surface area contributed by atoms with Crippen molar-refractivity contribution in [2.45, 2.75) is 32.0 Å². The summed E-state index contributed by atoms with van der Waals surface area (Å²) >= 11 is 1.22. The van der Waals surface area contributed by atoms with Crippen LogP contribution >= 0.6 is 11.7 Å². The second-order valence-electron chi connectivity index (χ2n) is 5.42. The highest BCUT2D eigenvalue weighted by molar-refractivity contribution is 7.00. The average Bonchev–Trinajstić information content (AvgIpc) is 3.05. The summed E-state index contributed by atoms with van der Waals surface area (Å²) < 4.78 is 8.46. The predicted octanol–water partition coefficient (Wildman–Crippen LogP) is 0.729. The fourth-order valence-electron chi connectivity index (χ4n) is 2.84. The lowest BCUT2D eigenvalue weighted by Crippen LogP contribution is -2.42. The number of nitrogens with one attached hydrogen (secondary N) is 1. The number of rotatable bonds is 4. The first kappa shape index (κ1) is 14.4. The molecule has 6 nitrogen and oxygen atoms in total. The van der Waals surface area contributed by atoms with Crippen LogP contribution in [0.25, 0.3) is 11.0 Å². The number of amides is 1. The predicted molar refractivity (Wildman–Crippen MR) is 82.9 cm³/mol. The van der Waals surface area contributed by atoms with Crippen molar-refractivity contribution in [1.82, 2.24) is 19.0 Å². The topological polar surface area (TPSA) is 84.1 Å². The van der Waals surface area contributed by atoms with Gasteiger partial charge in [0.05, 0.1) is 17.8 Å². The van der Waals surface area contributed by atoms with E-state index in [1.807, 2.05) is 25.1 Å². The Balaban J connectivity index is 1.76. The van der Waals surface area contributed by atoms with Gasteiger partial charge >= 0.3 is 0 Å². The zero-order chi connectivity index (χ0) is 14.8. The third-order valence-corrected chi connectivity index (χ3v) is 4.35. The van der Waals surface area contributed by atoms with E-state index >= 15 is 0 Å². The lowest BCUT2D eigenvalue weighted by molar-refractivity contribution is -0.125. The van der Waals surface area contributed by atoms with Gasteiger partial charge in [-0.3, -0.25) is 9.69 Å². The van der Waals surface area contributed by atoms with Crippen molar-refractivity contribution in [3.63, 3.8) is 0 Å². The lowest BCUT2D eigenvalue weighted by Gasteiger charge is -2.23. The van der Waals surface area contributed by atoms with Gasteiger partial charge in [0.25, 0.3) is 0 Å². The molecule has 1 saturated heterocycles. The molecule has 7 heteroatoms. The fourth-order valence-corrected chi connectivity index (χ4v) is 3.36. The number of fused-ring (bicyclic) bond motifs is 1. The summed E-state index contributed by atoms with van der Waals surface area (Å²) in [6.07, 6.45) is 0.715. The Morgan fingerprint density at radius 1 is 1.48 bits per heavy atom. The van der Waals surface area contributed by atoms with Crippen molar-refractivity contribution in [3.05, 3.63) is 23.8 Å². The molecule has 0 unspecified atom stereocenters. The molecule has 2 aromatic rings. The molecule has 1 aromatic heterocycles. The van der Waals surface area contributed by atoms with Crippen LogP contribution in [0.1, 0.15) is 18.9 Å². The van der Waals surface area contributed by atoms with Crippen molar-refractivity contribution < 1.29 is 4.79 Å². The van der Waals surface area contributed by atoms with E-state index in [2.05, 4.69) is 19.0 Å². The van der Waals surface area contributed by atoms with Gasteiger partial charge in [0.15, 0.2) is 0 Å². The molecule has 1 fully saturated rings. The van der Waals surface area contributed by atoms with E-state index in [0.717, 1.165) is 23.1 Å². The van der Waals surface area contributed by atoms with Crippen LogP contribution in [0.2, 0.25) is 0 Å². The van der Waals surface area contributed by atoms with Crippen LogP contribution in [0.4, 0.5) is 0 Å². The maximum Gasteiger partial charge on any atom is 0.237 e. The monoisotopic (exact) mass is 305 g/mol. The highest BCUT2D eigenvalue weighted by Crippen LogP contribution is 2.21. The molecule has 112 valence electrons. The SMILES string of the molecule is CCNC(=O)[C@@H]1C[C@@H](N)CN1Cc1ccc2nsnc2c1. The zero-order valence-electron chi connectivity index (χ0n) is 12.0. The molecule has 1 amide bonds. The summed E-state index contributed by atoms with van der Waals surface area (Å²) in [7, 11) is 0. The van der Waals surface area contributed by atoms with Gasteiger partial charge in [0, 0.05) is 25.7 Å². The van der Waals surface area contributed by atoms with Crippen LogP contribution in [0.3, 0.4) is 0 Å². The van der Waals surface area contributed by atoms with E-state index in [0.29, 0.717) is 19.5 Å². The minimum atomic E-state index is -0.135. The quantitative estimate of drug-likeness (QED) is 0.870. The van der Waals surface area contributed by atoms with E-state index in [1.54, 1.807) is 0 Å². The smallest absolute Gasteiger partial charge is 0.237 e. The molecule has 1 aliphatic heterocycles. The number of likely N-dealkylation sites (tertiary alicyclic amines) is 1. The Morgan fingerprint density at radius 3 is 3.10 bits per heavy atom. The van der Waals surface area contributed by atoms with Crippen molar-refractivity contribution in [2.75, 3.05) is 13.1 Å². The number of carbonyl (C=O) groups is 1. The summed E-state index contributed by atoms with van der Waals surface area (Å²) in [5.41, 5.74) is 9.00. The van der Waals surface area contributed by atoms with Gasteiger partial charge in [-0.2, -0.15) is 8.75 Å². The normalized spacial score (nSPS) is 22.8. The van der Waals surface area contributed by atoms with Gasteiger partial charge in [0.1, 0.15) is 11.0 Å². The van der Waals surface area contributed by atoms with Gasteiger partial charge in [0.2, 0.25) is 5.91 Å². The average molecular weight is 305 g/mol. The summed E-state index contributed by atoms with van der Waals surface area (Å²) in [6, 6.07) is 5.98. The first-order valence-corrected chi connectivity index (χ1v) is 7.89. The standard InChI is InChI=1S/C14H19N5OS/c1-2-16-14(20)13-6-10(15)8-19(13)7-9-3-4-11-12(5-9)18-21-17-11/h3-5,10,13H,2,6-8,15H2,1H3,(H,16,20)/t10-,13+/m1/s1. The number of likely N-dealkylation sites (N-methyl/N-ethyl adjacent to an activating group) is 1. The van der Waals surface area contributed by atoms with Crippen LogP contribution < -0.4 is 11.1 Å². The van der Waals surface area contributed by atoms with Crippen molar-refractivity contribution in [2.24, 2.45) is 5.73 Å². The number of benzene rings is 1. The molecular weight excluding hydrogens is 286 g/mol. The molecular formula is C14H19N5OS. The van der Waals surface area contributed by atoms with Crippen molar-refractivity contribution >= 4 is 28.7 Å². The van der Waals surface area contributed by atoms with Crippen molar-refractivity contribution in [3.8, 4) is 0 Å². The molecule has 3 rings (SSSR count). The maximum atomic E-state index is 12.1. The molecule has 0 radical (unpaired) electrons. The summed E-state index contributed by atoms with van der Waals surface area (Å²) in [5, 5.41) is 2.89. The highest BCUT2D eigenvalue weighted by Gasteiger charge is 2.34. The second-order valence-corrected chi connectivity index (χ2v) is 5.95. The van der Waals surface area contributed by atoms with Crippen LogP contribution in [0, 0.1) is 0 Å². The Bertz CT molecular complexity index is 643. The number of carbonyl (C=O) groups excluding carboxylic acids is 1. The summed E-state index contributed by atoms with van der Waals surface area (Å²) in [5.74, 6) is 0.0712. The van der Waals surface area contributed by atoms with Crippen LogP contribution in [-0.4, -0.2) is 44.7 Å². The van der Waals surface area contributed by atoms with E-state index in [9.17, 15) is 4.79 Å². The van der Waals surface area contributed by atoms with Gasteiger partial charge in [-0.15, -0.1) is 0 Å². The zero-order valence-corrected chi connectivity index (χ0v) is 12.8. The molecule has 1 aliphatic rings. The summed E-state index contributed by atoms with van der Waals surface area (Å²) in [6.45, 7) is 4.03. The molecule has 21 heavy (non-hydrogen) atoms. The second kappa shape index (κ2) is 6.05. The minimum Gasteiger partial charge on any atom is -0.355 e. The Labute approximate surface area is 127 Å². The number of aromatic nitrogens is 2. The molecule has 0 spiro atoms. The molecule has 0 aliphatic carbocycles. The Kier molecular flexibility index (Phi) is 4.14. The molecule has 0 bridgehead atoms. The van der Waals surface area contributed by atoms with Crippen LogP contribution in [0.5, 0.6) is 0 Å². The first-order valence-electron chi connectivity index (χ1n) is 7.16. The third-order valence-electron chi connectivity index (χ3n) is 3.79. The van der Waals surface area contributed by atoms with Gasteiger partial charge in [-0.05, 0) is 31.0 Å². The van der Waals surface area contributed by atoms with E-state index < -0.39 is 0 Å². The van der Waals surface area contributed by atoms with Gasteiger partial charge < -0.3 is 11.1 Å². The van der Waals surface area contributed by atoms with Gasteiger partial charge in [-0.1, -0.05) is 6.07 Å². The van der Waals surface area contributed by atoms with Crippen LogP contribution in [-0.2, 0) is 11.3 Å². The first-order chi connectivity index (χ1) is 10.2. The summed E-state index contributed by atoms with van der Waals surface area (Å²) in [4.78, 5) is 14.3. The number of nitrogens with two attached hydrogens (primary N) is 1. The number of hydrogen-bond donors (Lipinski definition) is 2. The van der Waals surface area contributed by atoms with Crippen molar-refractivity contribution in [1.29, 1.82) is 0 Å². The molecule has 2 atom stereocenters. The fraction of sp³-hybridized carbons (Fsp3) is 0.500. The minimum absolute atomic E-state index is 0.0577. The van der Waals surface area contributed by atoms with Crippen LogP contribution in [0.15, 0.2) is 18.2 Å². The molecule has 0 saturated carbocycles. The lowest BCUT2D eigenvalue weighted by atomic mass is 10.1. The third kappa shape index (κ3) is 3.04. The van der Waals surface area contributed by atoms with E-state index in [4.69, 9.17) is 5.73 Å². The van der Waals surface area contributed by atoms with Gasteiger partial charge in [-0.25, -0.2) is 0 Å². The molecule has 1 aromatic carbocycles. The van der Waals surface area contributed by atoms with E-state index in [1.165, 1.54) is 11.7 Å². The largest absolute Gasteiger partial charge is 0.355 e. The Morgan fingerprint density at radius 2 is 2.29 bits per heavy atom. The number of hydrogen-bond acceptors (Lipinski definition) is 6. The highest BCUT2D eigenvalue weighted by atomic mass is 32.1. The molecule has 2 heterocycles. The maximum absolute atomic E-state index is 12.1. The van der Waals surface area contributed by atoms with E-state index in [-0.39, 0.29) is 18.0 Å².